The largest absolute Gasteiger partial charge is 0.448 e. The Hall–Kier alpha value is -2.22. The predicted molar refractivity (Wildman–Crippen MR) is 94.7 cm³/mol. The van der Waals surface area contributed by atoms with Crippen LogP contribution in [0.25, 0.3) is 0 Å². The number of likely N-dealkylation sites (tertiary alicyclic amines) is 1. The molecule has 0 radical (unpaired) electrons. The summed E-state index contributed by atoms with van der Waals surface area (Å²) in [5.74, 6) is 2.84. The molecule has 0 saturated carbocycles. The van der Waals surface area contributed by atoms with Gasteiger partial charge in [-0.1, -0.05) is 6.92 Å². The lowest BCUT2D eigenvalue weighted by atomic mass is 9.95. The monoisotopic (exact) mass is 358 g/mol. The highest BCUT2D eigenvalue weighted by Crippen LogP contribution is 2.28. The van der Waals surface area contributed by atoms with Gasteiger partial charge in [-0.25, -0.2) is 4.98 Å². The molecule has 0 aliphatic carbocycles. The standard InChI is InChI=1S/C18H26N6O2/c1-3-6-22-7-4-14(5-8-22)17-21-20-16-11-23(9-10-24(16)17)18(25)15-12-26-13(2)19-15/h12,14H,3-11H2,1-2H3. The first kappa shape index (κ1) is 17.2. The van der Waals surface area contributed by atoms with Crippen molar-refractivity contribution in [2.75, 3.05) is 26.2 Å². The van der Waals surface area contributed by atoms with Crippen LogP contribution >= 0.6 is 0 Å². The average Bonchev–Trinajstić information content (AvgIpc) is 3.28. The Balaban J connectivity index is 1.43. The molecule has 0 N–H and O–H groups in total. The maximum Gasteiger partial charge on any atom is 0.276 e. The maximum absolute atomic E-state index is 12.6. The quantitative estimate of drug-likeness (QED) is 0.829. The molecule has 0 aromatic carbocycles. The molecule has 1 saturated heterocycles. The molecule has 2 aliphatic rings. The average molecular weight is 358 g/mol. The van der Waals surface area contributed by atoms with Gasteiger partial charge < -0.3 is 18.8 Å². The minimum Gasteiger partial charge on any atom is -0.448 e. The van der Waals surface area contributed by atoms with Crippen LogP contribution in [0.1, 0.15) is 60.1 Å². The third kappa shape index (κ3) is 3.25. The van der Waals surface area contributed by atoms with E-state index < -0.39 is 0 Å². The van der Waals surface area contributed by atoms with Crippen molar-refractivity contribution < 1.29 is 9.21 Å². The van der Waals surface area contributed by atoms with E-state index in [0.29, 0.717) is 30.6 Å². The highest BCUT2D eigenvalue weighted by Gasteiger charge is 2.30. The summed E-state index contributed by atoms with van der Waals surface area (Å²) < 4.78 is 7.38. The molecular formula is C18H26N6O2. The van der Waals surface area contributed by atoms with E-state index in [-0.39, 0.29) is 5.91 Å². The minimum atomic E-state index is -0.106. The van der Waals surface area contributed by atoms with Gasteiger partial charge in [0.05, 0.1) is 6.54 Å². The summed E-state index contributed by atoms with van der Waals surface area (Å²) in [6.45, 7) is 9.30. The molecular weight excluding hydrogens is 332 g/mol. The van der Waals surface area contributed by atoms with Gasteiger partial charge in [0.1, 0.15) is 12.1 Å². The van der Waals surface area contributed by atoms with E-state index in [2.05, 4.69) is 31.6 Å². The van der Waals surface area contributed by atoms with Crippen molar-refractivity contribution in [1.82, 2.24) is 29.5 Å². The highest BCUT2D eigenvalue weighted by atomic mass is 16.3. The van der Waals surface area contributed by atoms with E-state index in [9.17, 15) is 4.79 Å². The zero-order valence-electron chi connectivity index (χ0n) is 15.5. The van der Waals surface area contributed by atoms with Gasteiger partial charge in [-0.3, -0.25) is 4.79 Å². The van der Waals surface area contributed by atoms with Crippen LogP contribution in [0.3, 0.4) is 0 Å². The molecule has 2 aromatic heterocycles. The van der Waals surface area contributed by atoms with Gasteiger partial charge >= 0.3 is 0 Å². The first-order valence-electron chi connectivity index (χ1n) is 9.51. The van der Waals surface area contributed by atoms with E-state index in [4.69, 9.17) is 4.42 Å². The summed E-state index contributed by atoms with van der Waals surface area (Å²) in [4.78, 5) is 21.0. The second kappa shape index (κ2) is 7.19. The van der Waals surface area contributed by atoms with Crippen molar-refractivity contribution in [2.45, 2.75) is 52.1 Å². The van der Waals surface area contributed by atoms with Gasteiger partial charge in [0.2, 0.25) is 0 Å². The molecule has 4 rings (SSSR count). The van der Waals surface area contributed by atoms with Gasteiger partial charge in [0.15, 0.2) is 17.4 Å². The molecule has 2 aliphatic heterocycles. The van der Waals surface area contributed by atoms with Crippen molar-refractivity contribution in [2.24, 2.45) is 0 Å². The number of piperidine rings is 1. The molecule has 26 heavy (non-hydrogen) atoms. The SMILES string of the molecule is CCCN1CCC(c2nnc3n2CCN(C(=O)c2coc(C)n2)C3)CC1. The molecule has 8 nitrogen and oxygen atoms in total. The third-order valence-corrected chi connectivity index (χ3v) is 5.40. The molecule has 0 unspecified atom stereocenters. The number of rotatable bonds is 4. The van der Waals surface area contributed by atoms with Gasteiger partial charge in [-0.05, 0) is 38.9 Å². The number of hydrogen-bond acceptors (Lipinski definition) is 6. The van der Waals surface area contributed by atoms with Crippen molar-refractivity contribution in [1.29, 1.82) is 0 Å². The van der Waals surface area contributed by atoms with E-state index in [1.54, 1.807) is 11.8 Å². The molecule has 2 aromatic rings. The van der Waals surface area contributed by atoms with Crippen LogP contribution in [0.4, 0.5) is 0 Å². The first-order chi connectivity index (χ1) is 12.7. The number of carbonyl (C=O) groups is 1. The van der Waals surface area contributed by atoms with E-state index in [1.165, 1.54) is 19.2 Å². The summed E-state index contributed by atoms with van der Waals surface area (Å²) in [5, 5.41) is 8.87. The minimum absolute atomic E-state index is 0.106. The highest BCUT2D eigenvalue weighted by molar-refractivity contribution is 5.92. The lowest BCUT2D eigenvalue weighted by molar-refractivity contribution is 0.0699. The molecule has 140 valence electrons. The second-order valence-corrected chi connectivity index (χ2v) is 7.22. The van der Waals surface area contributed by atoms with Crippen molar-refractivity contribution in [3.8, 4) is 0 Å². The van der Waals surface area contributed by atoms with E-state index in [0.717, 1.165) is 44.1 Å². The molecule has 4 heterocycles. The lowest BCUT2D eigenvalue weighted by Crippen LogP contribution is -2.39. The summed E-state index contributed by atoms with van der Waals surface area (Å²) in [6, 6.07) is 0. The van der Waals surface area contributed by atoms with Crippen LogP contribution in [0.15, 0.2) is 10.7 Å². The van der Waals surface area contributed by atoms with Crippen LogP contribution in [0.5, 0.6) is 0 Å². The van der Waals surface area contributed by atoms with Crippen LogP contribution < -0.4 is 0 Å². The van der Waals surface area contributed by atoms with Gasteiger partial charge in [-0.15, -0.1) is 10.2 Å². The fourth-order valence-electron chi connectivity index (χ4n) is 4.01. The second-order valence-electron chi connectivity index (χ2n) is 7.22. The Morgan fingerprint density at radius 2 is 2.04 bits per heavy atom. The summed E-state index contributed by atoms with van der Waals surface area (Å²) in [5.41, 5.74) is 0.360. The Morgan fingerprint density at radius 1 is 1.23 bits per heavy atom. The number of aryl methyl sites for hydroxylation is 1. The Kier molecular flexibility index (Phi) is 4.76. The van der Waals surface area contributed by atoms with Crippen LogP contribution in [0, 0.1) is 6.92 Å². The number of carbonyl (C=O) groups excluding carboxylic acids is 1. The van der Waals surface area contributed by atoms with Crippen molar-refractivity contribution in [3.05, 3.63) is 29.5 Å². The van der Waals surface area contributed by atoms with Gasteiger partial charge in [0, 0.05) is 25.9 Å². The third-order valence-electron chi connectivity index (χ3n) is 5.40. The lowest BCUT2D eigenvalue weighted by Gasteiger charge is -2.32. The number of fused-ring (bicyclic) bond motifs is 1. The number of hydrogen-bond donors (Lipinski definition) is 0. The maximum atomic E-state index is 12.6. The molecule has 0 atom stereocenters. The van der Waals surface area contributed by atoms with Crippen LogP contribution in [-0.4, -0.2) is 61.6 Å². The predicted octanol–water partition coefficient (Wildman–Crippen LogP) is 1.82. The first-order valence-corrected chi connectivity index (χ1v) is 9.51. The zero-order chi connectivity index (χ0) is 18.1. The van der Waals surface area contributed by atoms with Crippen LogP contribution in [-0.2, 0) is 13.1 Å². The Bertz CT molecular complexity index is 774. The fraction of sp³-hybridized carbons (Fsp3) is 0.667. The summed E-state index contributed by atoms with van der Waals surface area (Å²) in [6.07, 6.45) is 4.91. The van der Waals surface area contributed by atoms with Gasteiger partial charge in [0.25, 0.3) is 5.91 Å². The van der Waals surface area contributed by atoms with Crippen molar-refractivity contribution >= 4 is 5.91 Å². The smallest absolute Gasteiger partial charge is 0.276 e. The molecule has 1 amide bonds. The number of nitrogens with zero attached hydrogens (tertiary/aromatic N) is 6. The number of aromatic nitrogens is 4. The van der Waals surface area contributed by atoms with E-state index in [1.807, 2.05) is 0 Å². The van der Waals surface area contributed by atoms with Crippen molar-refractivity contribution in [3.63, 3.8) is 0 Å². The van der Waals surface area contributed by atoms with E-state index >= 15 is 0 Å². The fourth-order valence-corrected chi connectivity index (χ4v) is 4.01. The normalized spacial score (nSPS) is 18.9. The zero-order valence-corrected chi connectivity index (χ0v) is 15.5. The number of amides is 1. The molecule has 0 bridgehead atoms. The summed E-state index contributed by atoms with van der Waals surface area (Å²) in [7, 11) is 0. The molecule has 8 heteroatoms. The van der Waals surface area contributed by atoms with Gasteiger partial charge in [-0.2, -0.15) is 0 Å². The Morgan fingerprint density at radius 3 is 2.73 bits per heavy atom. The molecule has 0 spiro atoms. The topological polar surface area (TPSA) is 80.3 Å². The Labute approximate surface area is 153 Å². The number of oxazole rings is 1. The van der Waals surface area contributed by atoms with Crippen LogP contribution in [0.2, 0.25) is 0 Å². The summed E-state index contributed by atoms with van der Waals surface area (Å²) >= 11 is 0. The molecule has 1 fully saturated rings.